The van der Waals surface area contributed by atoms with Gasteiger partial charge in [0, 0.05) is 11.8 Å². The van der Waals surface area contributed by atoms with Crippen LogP contribution in [0.15, 0.2) is 35.0 Å². The third kappa shape index (κ3) is 5.04. The van der Waals surface area contributed by atoms with Gasteiger partial charge in [-0.15, -0.1) is 0 Å². The first-order valence-electron chi connectivity index (χ1n) is 12.4. The van der Waals surface area contributed by atoms with Gasteiger partial charge in [-0.3, -0.25) is 4.90 Å². The molecule has 3 heterocycles. The Bertz CT molecular complexity index is 1250. The molecular weight excluding hydrogens is 460 g/mol. The molecule has 1 saturated heterocycles. The molecule has 5 rings (SSSR count). The van der Waals surface area contributed by atoms with Gasteiger partial charge in [0.2, 0.25) is 17.7 Å². The largest absolute Gasteiger partial charge is 0.447 e. The fourth-order valence-corrected chi connectivity index (χ4v) is 4.73. The number of cyclic esters (lactones) is 1. The van der Waals surface area contributed by atoms with Gasteiger partial charge in [0.05, 0.1) is 11.7 Å². The molecule has 3 aromatic rings. The van der Waals surface area contributed by atoms with E-state index in [-0.39, 0.29) is 30.4 Å². The minimum absolute atomic E-state index is 0.229. The Kier molecular flexibility index (Phi) is 6.38. The quantitative estimate of drug-likeness (QED) is 0.500. The summed E-state index contributed by atoms with van der Waals surface area (Å²) in [6, 6.07) is 7.37. The van der Waals surface area contributed by atoms with E-state index in [1.54, 1.807) is 12.3 Å². The van der Waals surface area contributed by atoms with Gasteiger partial charge < -0.3 is 19.3 Å². The lowest BCUT2D eigenvalue weighted by atomic mass is 10.1. The second-order valence-electron chi connectivity index (χ2n) is 10.3. The second kappa shape index (κ2) is 9.50. The predicted octanol–water partition coefficient (Wildman–Crippen LogP) is 4.72. The van der Waals surface area contributed by atoms with Crippen LogP contribution in [-0.2, 0) is 22.3 Å². The number of nitrogens with zero attached hydrogens (tertiary/aromatic N) is 5. The molecule has 0 spiro atoms. The van der Waals surface area contributed by atoms with Crippen LogP contribution >= 0.6 is 0 Å². The van der Waals surface area contributed by atoms with E-state index >= 15 is 0 Å². The fraction of sp³-hybridized carbons (Fsp3) is 0.500. The van der Waals surface area contributed by atoms with Crippen LogP contribution in [0.5, 0.6) is 0 Å². The van der Waals surface area contributed by atoms with Gasteiger partial charge in [-0.05, 0) is 77.1 Å². The van der Waals surface area contributed by atoms with Crippen LogP contribution in [0, 0.1) is 0 Å². The van der Waals surface area contributed by atoms with Gasteiger partial charge in [0.25, 0.3) is 0 Å². The van der Waals surface area contributed by atoms with Gasteiger partial charge in [-0.25, -0.2) is 9.78 Å². The van der Waals surface area contributed by atoms with E-state index in [0.29, 0.717) is 23.5 Å². The molecule has 0 unspecified atom stereocenters. The van der Waals surface area contributed by atoms with E-state index in [9.17, 15) is 4.79 Å². The molecule has 36 heavy (non-hydrogen) atoms. The number of hydrogen-bond acceptors (Lipinski definition) is 9. The summed E-state index contributed by atoms with van der Waals surface area (Å²) in [6.45, 7) is 9.99. The zero-order chi connectivity index (χ0) is 25.4. The Labute approximate surface area is 210 Å². The molecule has 10 nitrogen and oxygen atoms in total. The molecule has 1 aliphatic carbocycles. The van der Waals surface area contributed by atoms with Crippen LogP contribution in [0.25, 0.3) is 11.4 Å². The number of ether oxygens (including phenoxy) is 2. The van der Waals surface area contributed by atoms with Crippen LogP contribution in [0.4, 0.5) is 16.6 Å². The number of aromatic nitrogens is 4. The Morgan fingerprint density at radius 1 is 1.14 bits per heavy atom. The third-order valence-electron chi connectivity index (χ3n) is 6.39. The SMILES string of the molecule is C[C@H](Nc1nccc(N2C(=O)OC[C@@H]2[C@@H](C)OC(C)(C)C)n1)c1nc(-c2ccc3c(c2)CCC3)no1. The molecule has 190 valence electrons. The number of rotatable bonds is 7. The maximum Gasteiger partial charge on any atom is 0.416 e. The summed E-state index contributed by atoms with van der Waals surface area (Å²) in [5.41, 5.74) is 3.35. The highest BCUT2D eigenvalue weighted by Crippen LogP contribution is 2.29. The summed E-state index contributed by atoms with van der Waals surface area (Å²) >= 11 is 0. The summed E-state index contributed by atoms with van der Waals surface area (Å²) in [4.78, 5) is 27.5. The molecule has 1 fully saturated rings. The maximum absolute atomic E-state index is 12.6. The van der Waals surface area contributed by atoms with Gasteiger partial charge in [0.1, 0.15) is 24.5 Å². The normalized spacial score (nSPS) is 19.2. The number of aryl methyl sites for hydroxylation is 2. The van der Waals surface area contributed by atoms with Crippen molar-refractivity contribution in [2.24, 2.45) is 0 Å². The summed E-state index contributed by atoms with van der Waals surface area (Å²) in [5.74, 6) is 1.74. The lowest BCUT2D eigenvalue weighted by Gasteiger charge is -2.31. The first kappa shape index (κ1) is 24.2. The molecule has 10 heteroatoms. The van der Waals surface area contributed by atoms with Gasteiger partial charge >= 0.3 is 6.09 Å². The highest BCUT2D eigenvalue weighted by Gasteiger charge is 2.40. The number of carbonyl (C=O) groups is 1. The van der Waals surface area contributed by atoms with E-state index in [4.69, 9.17) is 14.0 Å². The van der Waals surface area contributed by atoms with Crippen molar-refractivity contribution in [2.75, 3.05) is 16.8 Å². The van der Waals surface area contributed by atoms with E-state index in [1.165, 1.54) is 22.4 Å². The van der Waals surface area contributed by atoms with Crippen molar-refractivity contribution in [2.45, 2.75) is 77.7 Å². The average Bonchev–Trinajstić information content (AvgIpc) is 3.57. The molecule has 1 aliphatic heterocycles. The molecule has 2 aliphatic rings. The number of carbonyl (C=O) groups excluding carboxylic acids is 1. The van der Waals surface area contributed by atoms with Crippen molar-refractivity contribution in [3.05, 3.63) is 47.5 Å². The lowest BCUT2D eigenvalue weighted by molar-refractivity contribution is -0.0618. The first-order chi connectivity index (χ1) is 17.2. The van der Waals surface area contributed by atoms with Crippen molar-refractivity contribution < 1.29 is 18.8 Å². The summed E-state index contributed by atoms with van der Waals surface area (Å²) in [5, 5.41) is 7.37. The van der Waals surface area contributed by atoms with Crippen LogP contribution < -0.4 is 10.2 Å². The number of amides is 1. The number of benzene rings is 1. The zero-order valence-corrected chi connectivity index (χ0v) is 21.3. The Hall–Kier alpha value is -3.53. The Balaban J connectivity index is 1.30. The van der Waals surface area contributed by atoms with Gasteiger partial charge in [0.15, 0.2) is 0 Å². The highest BCUT2D eigenvalue weighted by atomic mass is 16.6. The van der Waals surface area contributed by atoms with Crippen molar-refractivity contribution >= 4 is 17.9 Å². The molecule has 1 aromatic carbocycles. The minimum atomic E-state index is -0.460. The predicted molar refractivity (Wildman–Crippen MR) is 134 cm³/mol. The van der Waals surface area contributed by atoms with E-state index < -0.39 is 6.09 Å². The van der Waals surface area contributed by atoms with Crippen molar-refractivity contribution in [1.29, 1.82) is 0 Å². The summed E-state index contributed by atoms with van der Waals surface area (Å²) < 4.78 is 16.9. The second-order valence-corrected chi connectivity index (χ2v) is 10.3. The third-order valence-corrected chi connectivity index (χ3v) is 6.39. The number of anilines is 2. The van der Waals surface area contributed by atoms with Crippen molar-refractivity contribution in [3.8, 4) is 11.4 Å². The summed E-state index contributed by atoms with van der Waals surface area (Å²) in [7, 11) is 0. The Morgan fingerprint density at radius 2 is 1.94 bits per heavy atom. The molecule has 0 radical (unpaired) electrons. The fourth-order valence-electron chi connectivity index (χ4n) is 4.73. The number of nitrogens with one attached hydrogen (secondary N) is 1. The summed E-state index contributed by atoms with van der Waals surface area (Å²) in [6.07, 6.45) is 4.29. The molecule has 1 amide bonds. The highest BCUT2D eigenvalue weighted by molar-refractivity contribution is 5.89. The molecule has 0 saturated carbocycles. The van der Waals surface area contributed by atoms with Crippen molar-refractivity contribution in [1.82, 2.24) is 20.1 Å². The minimum Gasteiger partial charge on any atom is -0.447 e. The van der Waals surface area contributed by atoms with Crippen LogP contribution in [0.2, 0.25) is 0 Å². The molecule has 0 bridgehead atoms. The standard InChI is InChI=1S/C26H32N6O4/c1-15(23-30-22(31-36-23)19-10-9-17-7-6-8-18(17)13-19)28-24-27-12-11-21(29-24)32-20(14-34-25(32)33)16(2)35-26(3,4)5/h9-13,15-16,20H,6-8,14H2,1-5H3,(H,27,28,29)/t15-,16+,20+/m0/s1. The van der Waals surface area contributed by atoms with Crippen LogP contribution in [-0.4, -0.2) is 50.6 Å². The Morgan fingerprint density at radius 3 is 2.75 bits per heavy atom. The van der Waals surface area contributed by atoms with E-state index in [1.807, 2.05) is 40.7 Å². The molecular formula is C26H32N6O4. The van der Waals surface area contributed by atoms with Crippen molar-refractivity contribution in [3.63, 3.8) is 0 Å². The number of fused-ring (bicyclic) bond motifs is 1. The first-order valence-corrected chi connectivity index (χ1v) is 12.4. The van der Waals surface area contributed by atoms with Crippen LogP contribution in [0.3, 0.4) is 0 Å². The maximum atomic E-state index is 12.6. The lowest BCUT2D eigenvalue weighted by Crippen LogP contribution is -2.45. The average molecular weight is 493 g/mol. The molecule has 2 aromatic heterocycles. The monoisotopic (exact) mass is 492 g/mol. The zero-order valence-electron chi connectivity index (χ0n) is 21.3. The van der Waals surface area contributed by atoms with E-state index in [2.05, 4.69) is 37.6 Å². The van der Waals surface area contributed by atoms with Gasteiger partial charge in [-0.1, -0.05) is 17.3 Å². The molecule has 1 N–H and O–H groups in total. The van der Waals surface area contributed by atoms with Crippen LogP contribution in [0.1, 0.15) is 64.1 Å². The topological polar surface area (TPSA) is 116 Å². The van der Waals surface area contributed by atoms with E-state index in [0.717, 1.165) is 18.4 Å². The van der Waals surface area contributed by atoms with Gasteiger partial charge in [-0.2, -0.15) is 9.97 Å². The number of hydrogen-bond donors (Lipinski definition) is 1. The smallest absolute Gasteiger partial charge is 0.416 e. The molecule has 3 atom stereocenters.